The lowest BCUT2D eigenvalue weighted by Crippen LogP contribution is -2.51. The highest BCUT2D eigenvalue weighted by Gasteiger charge is 2.64. The zero-order valence-electron chi connectivity index (χ0n) is 28.6. The average molecular weight is 660 g/mol. The first kappa shape index (κ1) is 33.3. The first-order valence-corrected chi connectivity index (χ1v) is 18.0. The summed E-state index contributed by atoms with van der Waals surface area (Å²) in [6.07, 6.45) is 9.03. The molecule has 47 heavy (non-hydrogen) atoms. The highest BCUT2D eigenvalue weighted by Crippen LogP contribution is 2.63. The first-order chi connectivity index (χ1) is 22.5. The quantitative estimate of drug-likeness (QED) is 0.374. The van der Waals surface area contributed by atoms with E-state index in [-0.39, 0.29) is 17.9 Å². The number of anilines is 1. The molecule has 2 saturated heterocycles. The van der Waals surface area contributed by atoms with Crippen molar-refractivity contribution in [1.82, 2.24) is 18.8 Å². The van der Waals surface area contributed by atoms with E-state index in [0.717, 1.165) is 73.3 Å². The molecule has 3 heterocycles. The van der Waals surface area contributed by atoms with Crippen molar-refractivity contribution >= 4 is 40.3 Å². The van der Waals surface area contributed by atoms with Crippen molar-refractivity contribution in [3.8, 4) is 5.75 Å². The second kappa shape index (κ2) is 13.1. The van der Waals surface area contributed by atoms with Gasteiger partial charge in [0.05, 0.1) is 18.6 Å². The zero-order valence-corrected chi connectivity index (χ0v) is 29.4. The van der Waals surface area contributed by atoms with Crippen molar-refractivity contribution in [2.75, 3.05) is 52.8 Å². The van der Waals surface area contributed by atoms with Gasteiger partial charge in [-0.2, -0.15) is 0 Å². The summed E-state index contributed by atoms with van der Waals surface area (Å²) in [5.41, 5.74) is 5.30. The van der Waals surface area contributed by atoms with Gasteiger partial charge in [0.2, 0.25) is 5.91 Å². The SMILES string of the molecule is C=CN1CC2CC1CN2C(=O)C12CC1c1cc(OC)ccc1/C=C(\C(CC)CCC)c1ccc(C(=O)NS(=O)N(C)C)cc1N(C)C2. The summed E-state index contributed by atoms with van der Waals surface area (Å²) < 4.78 is 22.3. The molecular weight excluding hydrogens is 611 g/mol. The Kier molecular flexibility index (Phi) is 9.28. The second-order valence-electron chi connectivity index (χ2n) is 13.9. The second-order valence-corrected chi connectivity index (χ2v) is 15.3. The molecule has 0 aromatic heterocycles. The number of piperazine rings is 1. The van der Waals surface area contributed by atoms with Gasteiger partial charge in [-0.1, -0.05) is 45.1 Å². The Labute approximate surface area is 282 Å². The molecule has 6 rings (SSSR count). The van der Waals surface area contributed by atoms with Crippen LogP contribution in [0.15, 0.2) is 49.2 Å². The molecule has 3 fully saturated rings. The number of hydrogen-bond donors (Lipinski definition) is 1. The molecule has 6 unspecified atom stereocenters. The fourth-order valence-corrected chi connectivity index (χ4v) is 8.70. The molecule has 1 saturated carbocycles. The van der Waals surface area contributed by atoms with Crippen molar-refractivity contribution in [2.24, 2.45) is 11.3 Å². The molecule has 0 spiro atoms. The Balaban J connectivity index is 1.49. The van der Waals surface area contributed by atoms with Crippen molar-refractivity contribution in [3.05, 3.63) is 71.4 Å². The van der Waals surface area contributed by atoms with Crippen molar-refractivity contribution in [2.45, 2.75) is 64.0 Å². The van der Waals surface area contributed by atoms with Gasteiger partial charge in [-0.25, -0.2) is 8.51 Å². The van der Waals surface area contributed by atoms with Crippen LogP contribution in [0.5, 0.6) is 5.75 Å². The van der Waals surface area contributed by atoms with E-state index in [4.69, 9.17) is 4.74 Å². The van der Waals surface area contributed by atoms with Crippen LogP contribution in [0.25, 0.3) is 11.6 Å². The number of carbonyl (C=O) groups excluding carboxylic acids is 2. The number of fused-ring (bicyclic) bond motifs is 6. The molecule has 1 N–H and O–H groups in total. The van der Waals surface area contributed by atoms with Crippen LogP contribution < -0.4 is 14.4 Å². The molecule has 2 bridgehead atoms. The molecule has 2 amide bonds. The summed E-state index contributed by atoms with van der Waals surface area (Å²) in [7, 11) is 7.06. The number of amides is 2. The number of likely N-dealkylation sites (tertiary alicyclic amines) is 2. The van der Waals surface area contributed by atoms with Crippen LogP contribution in [0.3, 0.4) is 0 Å². The van der Waals surface area contributed by atoms with Gasteiger partial charge < -0.3 is 19.4 Å². The van der Waals surface area contributed by atoms with Gasteiger partial charge in [0, 0.05) is 69.6 Å². The van der Waals surface area contributed by atoms with Crippen LogP contribution in [0.4, 0.5) is 5.69 Å². The molecule has 6 atom stereocenters. The highest BCUT2D eigenvalue weighted by atomic mass is 32.2. The lowest BCUT2D eigenvalue weighted by atomic mass is 9.82. The minimum Gasteiger partial charge on any atom is -0.497 e. The molecular formula is C37H49N5O4S. The Morgan fingerprint density at radius 2 is 1.96 bits per heavy atom. The van der Waals surface area contributed by atoms with Gasteiger partial charge in [-0.3, -0.25) is 14.3 Å². The van der Waals surface area contributed by atoms with Gasteiger partial charge in [0.1, 0.15) is 5.75 Å². The Hall–Kier alpha value is -3.63. The number of allylic oxidation sites excluding steroid dienone is 1. The van der Waals surface area contributed by atoms with Gasteiger partial charge in [-0.15, -0.1) is 0 Å². The summed E-state index contributed by atoms with van der Waals surface area (Å²) >= 11 is -1.65. The monoisotopic (exact) mass is 659 g/mol. The number of carbonyl (C=O) groups is 2. The lowest BCUT2D eigenvalue weighted by Gasteiger charge is -2.38. The average Bonchev–Trinajstić information content (AvgIpc) is 3.42. The standard InChI is InChI=1S/C37H49N5O4S/c1-8-11-24(9-2)31-16-25-12-14-29(46-7)19-32(25)33-20-37(33,36(44)42-22-27-18-28(42)21-41(27)10-3)23-40(6)34-17-26(13-15-30(31)34)35(43)38-47(45)39(4)5/h10,12-17,19,24,27-28,33H,3,8-9,11,18,20-23H2,1-2,4-7H3,(H,38,43)/b31-16+. The van der Waals surface area contributed by atoms with E-state index in [1.54, 1.807) is 21.2 Å². The smallest absolute Gasteiger partial charge is 0.264 e. The van der Waals surface area contributed by atoms with E-state index in [1.807, 2.05) is 37.5 Å². The summed E-state index contributed by atoms with van der Waals surface area (Å²) in [6, 6.07) is 12.6. The number of methoxy groups -OCH3 is 1. The predicted molar refractivity (Wildman–Crippen MR) is 189 cm³/mol. The van der Waals surface area contributed by atoms with Crippen LogP contribution in [-0.4, -0.2) is 90.1 Å². The molecule has 9 nitrogen and oxygen atoms in total. The summed E-state index contributed by atoms with van der Waals surface area (Å²) in [5, 5.41) is 0. The molecule has 2 aromatic carbocycles. The zero-order chi connectivity index (χ0) is 33.6. The third kappa shape index (κ3) is 5.99. The van der Waals surface area contributed by atoms with Crippen LogP contribution in [0.1, 0.15) is 78.9 Å². The highest BCUT2D eigenvalue weighted by molar-refractivity contribution is 7.81. The Morgan fingerprint density at radius 1 is 1.17 bits per heavy atom. The summed E-state index contributed by atoms with van der Waals surface area (Å²) in [4.78, 5) is 34.7. The van der Waals surface area contributed by atoms with Crippen LogP contribution in [0, 0.1) is 11.3 Å². The van der Waals surface area contributed by atoms with Gasteiger partial charge in [0.15, 0.2) is 11.2 Å². The molecule has 252 valence electrons. The number of hydrogen-bond acceptors (Lipinski definition) is 6. The number of nitrogens with zero attached hydrogens (tertiary/aromatic N) is 4. The van der Waals surface area contributed by atoms with Crippen LogP contribution in [0.2, 0.25) is 0 Å². The lowest BCUT2D eigenvalue weighted by molar-refractivity contribution is -0.139. The van der Waals surface area contributed by atoms with Crippen molar-refractivity contribution in [1.29, 1.82) is 0 Å². The van der Waals surface area contributed by atoms with E-state index in [1.165, 1.54) is 9.88 Å². The van der Waals surface area contributed by atoms with Crippen LogP contribution in [-0.2, 0) is 16.0 Å². The third-order valence-electron chi connectivity index (χ3n) is 10.8. The molecule has 2 aromatic rings. The van der Waals surface area contributed by atoms with E-state index >= 15 is 0 Å². The number of nitrogens with one attached hydrogen (secondary N) is 1. The van der Waals surface area contributed by atoms with Crippen molar-refractivity contribution < 1.29 is 18.5 Å². The fourth-order valence-electron chi connectivity index (χ4n) is 8.24. The summed E-state index contributed by atoms with van der Waals surface area (Å²) in [6.45, 7) is 10.5. The minimum atomic E-state index is -1.65. The minimum absolute atomic E-state index is 0.0384. The van der Waals surface area contributed by atoms with E-state index in [9.17, 15) is 13.8 Å². The Bertz CT molecular complexity index is 1620. The van der Waals surface area contributed by atoms with E-state index < -0.39 is 22.5 Å². The third-order valence-corrected chi connectivity index (χ3v) is 11.9. The predicted octanol–water partition coefficient (Wildman–Crippen LogP) is 5.28. The maximum absolute atomic E-state index is 14.8. The fraction of sp³-hybridized carbons (Fsp3) is 0.514. The van der Waals surface area contributed by atoms with Gasteiger partial charge in [-0.05, 0) is 78.8 Å². The molecule has 1 aliphatic carbocycles. The normalized spacial score (nSPS) is 26.8. The van der Waals surface area contributed by atoms with Crippen LogP contribution >= 0.6 is 0 Å². The number of ether oxygens (including phenoxy) is 1. The molecule has 10 heteroatoms. The van der Waals surface area contributed by atoms with Crippen molar-refractivity contribution in [3.63, 3.8) is 0 Å². The number of rotatable bonds is 10. The molecule has 4 aliphatic rings. The first-order valence-electron chi connectivity index (χ1n) is 16.9. The largest absolute Gasteiger partial charge is 0.497 e. The maximum atomic E-state index is 14.8. The summed E-state index contributed by atoms with van der Waals surface area (Å²) in [5.74, 6) is 0.964. The van der Waals surface area contributed by atoms with E-state index in [0.29, 0.717) is 24.1 Å². The maximum Gasteiger partial charge on any atom is 0.264 e. The van der Waals surface area contributed by atoms with E-state index in [2.05, 4.69) is 58.1 Å². The van der Waals surface area contributed by atoms with Gasteiger partial charge >= 0.3 is 0 Å². The number of benzene rings is 2. The topological polar surface area (TPSA) is 85.4 Å². The Morgan fingerprint density at radius 3 is 2.60 bits per heavy atom. The van der Waals surface area contributed by atoms with Gasteiger partial charge in [0.25, 0.3) is 5.91 Å². The molecule has 3 aliphatic heterocycles. The molecule has 0 radical (unpaired) electrons.